The highest BCUT2D eigenvalue weighted by Gasteiger charge is 2.29. The number of rotatable bonds is 2. The van der Waals surface area contributed by atoms with Gasteiger partial charge in [-0.25, -0.2) is 0 Å². The van der Waals surface area contributed by atoms with Gasteiger partial charge in [0.1, 0.15) is 6.04 Å². The van der Waals surface area contributed by atoms with E-state index in [4.69, 9.17) is 4.74 Å². The Kier molecular flexibility index (Phi) is 4.40. The third-order valence-electron chi connectivity index (χ3n) is 4.00. The first-order chi connectivity index (χ1) is 8.16. The fourth-order valence-corrected chi connectivity index (χ4v) is 2.90. The molecule has 1 heterocycles. The average Bonchev–Trinajstić information content (AvgIpc) is 2.34. The summed E-state index contributed by atoms with van der Waals surface area (Å²) in [5.74, 6) is 1.50. The van der Waals surface area contributed by atoms with E-state index >= 15 is 0 Å². The number of hydrogen-bond donors (Lipinski definition) is 2. The third kappa shape index (κ3) is 3.42. The minimum absolute atomic E-state index is 0.108. The van der Waals surface area contributed by atoms with Crippen molar-refractivity contribution in [1.29, 1.82) is 0 Å². The van der Waals surface area contributed by atoms with Gasteiger partial charge in [-0.1, -0.05) is 13.8 Å². The van der Waals surface area contributed by atoms with Crippen molar-refractivity contribution in [1.82, 2.24) is 10.6 Å². The van der Waals surface area contributed by atoms with Crippen LogP contribution >= 0.6 is 0 Å². The third-order valence-corrected chi connectivity index (χ3v) is 4.00. The van der Waals surface area contributed by atoms with Crippen molar-refractivity contribution in [2.24, 2.45) is 11.8 Å². The summed E-state index contributed by atoms with van der Waals surface area (Å²) in [5, 5.41) is 6.37. The zero-order chi connectivity index (χ0) is 12.3. The van der Waals surface area contributed by atoms with E-state index < -0.39 is 0 Å². The van der Waals surface area contributed by atoms with E-state index in [0.717, 1.165) is 18.9 Å². The quantitative estimate of drug-likeness (QED) is 0.754. The zero-order valence-corrected chi connectivity index (χ0v) is 10.9. The van der Waals surface area contributed by atoms with E-state index in [2.05, 4.69) is 24.5 Å². The maximum absolute atomic E-state index is 12.0. The van der Waals surface area contributed by atoms with E-state index in [1.54, 1.807) is 0 Å². The highest BCUT2D eigenvalue weighted by molar-refractivity contribution is 5.82. The van der Waals surface area contributed by atoms with Gasteiger partial charge in [-0.05, 0) is 31.1 Å². The van der Waals surface area contributed by atoms with E-state index in [1.807, 2.05) is 0 Å². The van der Waals surface area contributed by atoms with Crippen molar-refractivity contribution < 1.29 is 9.53 Å². The summed E-state index contributed by atoms with van der Waals surface area (Å²) in [6, 6.07) is 0.192. The molecule has 4 atom stereocenters. The lowest BCUT2D eigenvalue weighted by molar-refractivity contribution is -0.127. The van der Waals surface area contributed by atoms with Crippen molar-refractivity contribution in [2.45, 2.75) is 45.2 Å². The van der Waals surface area contributed by atoms with Crippen molar-refractivity contribution in [3.8, 4) is 0 Å². The van der Waals surface area contributed by atoms with Gasteiger partial charge < -0.3 is 15.4 Å². The first-order valence-corrected chi connectivity index (χ1v) is 6.78. The van der Waals surface area contributed by atoms with Crippen molar-refractivity contribution in [3.63, 3.8) is 0 Å². The van der Waals surface area contributed by atoms with Crippen molar-refractivity contribution >= 4 is 5.91 Å². The van der Waals surface area contributed by atoms with Crippen LogP contribution in [0.4, 0.5) is 0 Å². The van der Waals surface area contributed by atoms with Crippen molar-refractivity contribution in [3.05, 3.63) is 0 Å². The molecule has 4 heteroatoms. The Hall–Kier alpha value is -0.610. The summed E-state index contributed by atoms with van der Waals surface area (Å²) in [5.41, 5.74) is 0. The van der Waals surface area contributed by atoms with Gasteiger partial charge in [0, 0.05) is 12.6 Å². The van der Waals surface area contributed by atoms with Crippen LogP contribution in [-0.2, 0) is 9.53 Å². The molecule has 1 amide bonds. The van der Waals surface area contributed by atoms with Crippen LogP contribution in [0.3, 0.4) is 0 Å². The van der Waals surface area contributed by atoms with Crippen LogP contribution in [0.2, 0.25) is 0 Å². The SMILES string of the molecule is CC1CCC(NC(=O)C2COCCN2)C(C)C1. The largest absolute Gasteiger partial charge is 0.378 e. The molecular formula is C13H24N2O2. The Morgan fingerprint density at radius 1 is 1.35 bits per heavy atom. The summed E-state index contributed by atoms with van der Waals surface area (Å²) >= 11 is 0. The number of carbonyl (C=O) groups excluding carboxylic acids is 1. The van der Waals surface area contributed by atoms with Crippen LogP contribution in [0, 0.1) is 11.8 Å². The number of amides is 1. The molecule has 2 N–H and O–H groups in total. The summed E-state index contributed by atoms with van der Waals surface area (Å²) < 4.78 is 5.31. The van der Waals surface area contributed by atoms with Gasteiger partial charge in [-0.15, -0.1) is 0 Å². The van der Waals surface area contributed by atoms with Crippen molar-refractivity contribution in [2.75, 3.05) is 19.8 Å². The minimum atomic E-state index is -0.157. The molecule has 0 spiro atoms. The lowest BCUT2D eigenvalue weighted by Crippen LogP contribution is -2.54. The normalized spacial score (nSPS) is 38.7. The molecule has 17 heavy (non-hydrogen) atoms. The predicted octanol–water partition coefficient (Wildman–Crippen LogP) is 0.916. The lowest BCUT2D eigenvalue weighted by atomic mass is 9.80. The van der Waals surface area contributed by atoms with E-state index in [1.165, 1.54) is 12.8 Å². The molecule has 0 aromatic heterocycles. The van der Waals surface area contributed by atoms with Gasteiger partial charge >= 0.3 is 0 Å². The van der Waals surface area contributed by atoms with Gasteiger partial charge in [0.05, 0.1) is 13.2 Å². The van der Waals surface area contributed by atoms with Crippen LogP contribution in [-0.4, -0.2) is 37.7 Å². The standard InChI is InChI=1S/C13H24N2O2/c1-9-3-4-11(10(2)7-9)15-13(16)12-8-17-6-5-14-12/h9-12,14H,3-8H2,1-2H3,(H,15,16). The zero-order valence-electron chi connectivity index (χ0n) is 10.9. The van der Waals surface area contributed by atoms with Gasteiger partial charge in [-0.2, -0.15) is 0 Å². The molecule has 0 aromatic rings. The molecule has 0 radical (unpaired) electrons. The number of carbonyl (C=O) groups is 1. The molecule has 2 rings (SSSR count). The number of nitrogens with one attached hydrogen (secondary N) is 2. The van der Waals surface area contributed by atoms with Crippen LogP contribution < -0.4 is 10.6 Å². The Labute approximate surface area is 103 Å². The Balaban J connectivity index is 1.81. The summed E-state index contributed by atoms with van der Waals surface area (Å²) in [4.78, 5) is 12.0. The Morgan fingerprint density at radius 2 is 2.18 bits per heavy atom. The molecule has 0 bridgehead atoms. The molecule has 4 nitrogen and oxygen atoms in total. The van der Waals surface area contributed by atoms with Crippen LogP contribution in [0.15, 0.2) is 0 Å². The second-order valence-electron chi connectivity index (χ2n) is 5.59. The number of ether oxygens (including phenoxy) is 1. The van der Waals surface area contributed by atoms with Crippen LogP contribution in [0.25, 0.3) is 0 Å². The second-order valence-corrected chi connectivity index (χ2v) is 5.59. The van der Waals surface area contributed by atoms with Gasteiger partial charge in [0.25, 0.3) is 0 Å². The molecular weight excluding hydrogens is 216 g/mol. The summed E-state index contributed by atoms with van der Waals surface area (Å²) in [6.45, 7) is 6.52. The first-order valence-electron chi connectivity index (χ1n) is 6.78. The predicted molar refractivity (Wildman–Crippen MR) is 66.7 cm³/mol. The van der Waals surface area contributed by atoms with Crippen LogP contribution in [0.1, 0.15) is 33.1 Å². The summed E-state index contributed by atoms with van der Waals surface area (Å²) in [7, 11) is 0. The fraction of sp³-hybridized carbons (Fsp3) is 0.923. The molecule has 1 aliphatic heterocycles. The highest BCUT2D eigenvalue weighted by atomic mass is 16.5. The molecule has 4 unspecified atom stereocenters. The average molecular weight is 240 g/mol. The van der Waals surface area contributed by atoms with Crippen LogP contribution in [0.5, 0.6) is 0 Å². The van der Waals surface area contributed by atoms with E-state index in [0.29, 0.717) is 25.2 Å². The molecule has 0 aromatic carbocycles. The number of hydrogen-bond acceptors (Lipinski definition) is 3. The molecule has 98 valence electrons. The maximum atomic E-state index is 12.0. The molecule has 1 aliphatic carbocycles. The van der Waals surface area contributed by atoms with Gasteiger partial charge in [0.15, 0.2) is 0 Å². The smallest absolute Gasteiger partial charge is 0.239 e. The highest BCUT2D eigenvalue weighted by Crippen LogP contribution is 2.28. The monoisotopic (exact) mass is 240 g/mol. The van der Waals surface area contributed by atoms with E-state index in [9.17, 15) is 4.79 Å². The lowest BCUT2D eigenvalue weighted by Gasteiger charge is -2.34. The van der Waals surface area contributed by atoms with Gasteiger partial charge in [0.2, 0.25) is 5.91 Å². The number of morpholine rings is 1. The minimum Gasteiger partial charge on any atom is -0.378 e. The summed E-state index contributed by atoms with van der Waals surface area (Å²) in [6.07, 6.45) is 3.56. The topological polar surface area (TPSA) is 50.4 Å². The molecule has 1 saturated carbocycles. The van der Waals surface area contributed by atoms with E-state index in [-0.39, 0.29) is 11.9 Å². The first kappa shape index (κ1) is 12.8. The molecule has 2 fully saturated rings. The fourth-order valence-electron chi connectivity index (χ4n) is 2.90. The molecule has 1 saturated heterocycles. The second kappa shape index (κ2) is 5.83. The maximum Gasteiger partial charge on any atom is 0.239 e. The Bertz CT molecular complexity index is 264. The Morgan fingerprint density at radius 3 is 2.82 bits per heavy atom. The van der Waals surface area contributed by atoms with Gasteiger partial charge in [-0.3, -0.25) is 4.79 Å². The molecule has 2 aliphatic rings.